The first-order valence-corrected chi connectivity index (χ1v) is 7.70. The summed E-state index contributed by atoms with van der Waals surface area (Å²) in [6, 6.07) is 16.1. The molecule has 3 heteroatoms. The third kappa shape index (κ3) is 5.58. The lowest BCUT2D eigenvalue weighted by Crippen LogP contribution is -2.19. The lowest BCUT2D eigenvalue weighted by molar-refractivity contribution is 0.107. The highest BCUT2D eigenvalue weighted by atomic mass is 32.1. The Balaban J connectivity index is 1.82. The van der Waals surface area contributed by atoms with Crippen LogP contribution in [0.25, 0.3) is 6.08 Å². The Morgan fingerprint density at radius 3 is 1.91 bits per heavy atom. The zero-order chi connectivity index (χ0) is 16.0. The molecule has 2 aromatic carbocycles. The summed E-state index contributed by atoms with van der Waals surface area (Å²) in [4.78, 5) is -0.477. The van der Waals surface area contributed by atoms with Crippen molar-refractivity contribution >= 4 is 18.7 Å². The molecule has 2 rings (SSSR count). The molecule has 0 unspecified atom stereocenters. The van der Waals surface area contributed by atoms with Crippen molar-refractivity contribution in [3.63, 3.8) is 0 Å². The summed E-state index contributed by atoms with van der Waals surface area (Å²) in [7, 11) is 0. The van der Waals surface area contributed by atoms with Gasteiger partial charge in [-0.2, -0.15) is 0 Å². The van der Waals surface area contributed by atoms with Gasteiger partial charge in [0.1, 0.15) is 10.7 Å². The molecule has 22 heavy (non-hydrogen) atoms. The summed E-state index contributed by atoms with van der Waals surface area (Å²) in [5.41, 5.74) is 3.39. The van der Waals surface area contributed by atoms with Crippen molar-refractivity contribution in [2.45, 2.75) is 32.0 Å². The second kappa shape index (κ2) is 7.52. The third-order valence-corrected chi connectivity index (χ3v) is 3.14. The quantitative estimate of drug-likeness (QED) is 0.567. The zero-order valence-electron chi connectivity index (χ0n) is 13.1. The Kier molecular flexibility index (Phi) is 5.69. The standard InChI is InChI=1S/C19H22O2S/c1-4-15-5-7-16(8-6-15)13-20-14-17-9-11-18(12-10-17)21-19(2,3)22/h4-12,22H,1,13-14H2,2-3H3. The number of ether oxygens (including phenoxy) is 2. The van der Waals surface area contributed by atoms with Crippen LogP contribution in [0.15, 0.2) is 55.1 Å². The normalized spacial score (nSPS) is 11.2. The van der Waals surface area contributed by atoms with Crippen LogP contribution in [0.4, 0.5) is 0 Å². The van der Waals surface area contributed by atoms with E-state index in [4.69, 9.17) is 9.47 Å². The second-order valence-electron chi connectivity index (χ2n) is 5.63. The molecule has 0 bridgehead atoms. The van der Waals surface area contributed by atoms with E-state index in [0.29, 0.717) is 13.2 Å². The van der Waals surface area contributed by atoms with Gasteiger partial charge >= 0.3 is 0 Å². The van der Waals surface area contributed by atoms with Gasteiger partial charge in [0.25, 0.3) is 0 Å². The number of rotatable bonds is 7. The molecule has 0 aromatic heterocycles. The fourth-order valence-electron chi connectivity index (χ4n) is 1.98. The second-order valence-corrected chi connectivity index (χ2v) is 6.71. The summed E-state index contributed by atoms with van der Waals surface area (Å²) < 4.78 is 11.4. The molecule has 0 spiro atoms. The van der Waals surface area contributed by atoms with Gasteiger partial charge in [-0.05, 0) is 42.7 Å². The van der Waals surface area contributed by atoms with E-state index in [-0.39, 0.29) is 0 Å². The maximum Gasteiger partial charge on any atom is 0.146 e. The predicted octanol–water partition coefficient (Wildman–Crippen LogP) is 5.09. The van der Waals surface area contributed by atoms with Crippen LogP contribution in [0.1, 0.15) is 30.5 Å². The van der Waals surface area contributed by atoms with Crippen LogP contribution in [-0.2, 0) is 18.0 Å². The molecule has 0 saturated heterocycles. The van der Waals surface area contributed by atoms with Gasteiger partial charge in [0.2, 0.25) is 0 Å². The SMILES string of the molecule is C=Cc1ccc(COCc2ccc(OC(C)(C)S)cc2)cc1. The van der Waals surface area contributed by atoms with E-state index in [9.17, 15) is 0 Å². The molecule has 0 aliphatic heterocycles. The maximum atomic E-state index is 5.74. The highest BCUT2D eigenvalue weighted by Gasteiger charge is 2.12. The summed E-state index contributed by atoms with van der Waals surface area (Å²) in [6.45, 7) is 8.73. The van der Waals surface area contributed by atoms with Gasteiger partial charge in [-0.15, -0.1) is 12.6 Å². The monoisotopic (exact) mass is 314 g/mol. The van der Waals surface area contributed by atoms with Crippen molar-refractivity contribution in [3.8, 4) is 5.75 Å². The Morgan fingerprint density at radius 1 is 0.955 bits per heavy atom. The van der Waals surface area contributed by atoms with E-state index in [1.807, 2.05) is 56.3 Å². The summed E-state index contributed by atoms with van der Waals surface area (Å²) >= 11 is 4.35. The Morgan fingerprint density at radius 2 is 1.45 bits per heavy atom. The molecule has 0 fully saturated rings. The van der Waals surface area contributed by atoms with E-state index < -0.39 is 4.93 Å². The van der Waals surface area contributed by atoms with E-state index in [0.717, 1.165) is 22.4 Å². The van der Waals surface area contributed by atoms with Crippen LogP contribution in [0, 0.1) is 0 Å². The van der Waals surface area contributed by atoms with Crippen molar-refractivity contribution in [1.82, 2.24) is 0 Å². The van der Waals surface area contributed by atoms with Crippen molar-refractivity contribution in [2.24, 2.45) is 0 Å². The highest BCUT2D eigenvalue weighted by molar-refractivity contribution is 7.81. The molecule has 116 valence electrons. The largest absolute Gasteiger partial charge is 0.477 e. The van der Waals surface area contributed by atoms with Crippen LogP contribution in [0.5, 0.6) is 5.75 Å². The van der Waals surface area contributed by atoms with Crippen LogP contribution in [-0.4, -0.2) is 4.93 Å². The molecule has 0 N–H and O–H groups in total. The van der Waals surface area contributed by atoms with Gasteiger partial charge < -0.3 is 9.47 Å². The molecule has 0 amide bonds. The van der Waals surface area contributed by atoms with Crippen molar-refractivity contribution < 1.29 is 9.47 Å². The van der Waals surface area contributed by atoms with E-state index in [1.165, 1.54) is 0 Å². The first-order chi connectivity index (χ1) is 10.5. The van der Waals surface area contributed by atoms with Crippen molar-refractivity contribution in [2.75, 3.05) is 0 Å². The van der Waals surface area contributed by atoms with Gasteiger partial charge in [0.15, 0.2) is 0 Å². The first-order valence-electron chi connectivity index (χ1n) is 7.26. The molecule has 0 saturated carbocycles. The molecule has 0 aliphatic carbocycles. The lowest BCUT2D eigenvalue weighted by Gasteiger charge is -2.20. The number of benzene rings is 2. The maximum absolute atomic E-state index is 5.74. The topological polar surface area (TPSA) is 18.5 Å². The third-order valence-electron chi connectivity index (χ3n) is 3.04. The molecule has 0 atom stereocenters. The van der Waals surface area contributed by atoms with Gasteiger partial charge in [-0.25, -0.2) is 0 Å². The van der Waals surface area contributed by atoms with Crippen LogP contribution in [0.2, 0.25) is 0 Å². The minimum atomic E-state index is -0.477. The smallest absolute Gasteiger partial charge is 0.146 e. The van der Waals surface area contributed by atoms with E-state index in [1.54, 1.807) is 0 Å². The van der Waals surface area contributed by atoms with Crippen molar-refractivity contribution in [1.29, 1.82) is 0 Å². The van der Waals surface area contributed by atoms with Crippen LogP contribution in [0.3, 0.4) is 0 Å². The number of hydrogen-bond donors (Lipinski definition) is 1. The molecular formula is C19H22O2S. The van der Waals surface area contributed by atoms with Gasteiger partial charge in [0, 0.05) is 0 Å². The molecule has 0 radical (unpaired) electrons. The van der Waals surface area contributed by atoms with Gasteiger partial charge in [-0.1, -0.05) is 49.1 Å². The fourth-order valence-corrected chi connectivity index (χ4v) is 2.08. The zero-order valence-corrected chi connectivity index (χ0v) is 14.0. The van der Waals surface area contributed by atoms with Crippen LogP contribution < -0.4 is 4.74 Å². The van der Waals surface area contributed by atoms with E-state index >= 15 is 0 Å². The Bertz CT molecular complexity index is 595. The predicted molar refractivity (Wildman–Crippen MR) is 95.2 cm³/mol. The summed E-state index contributed by atoms with van der Waals surface area (Å²) in [5.74, 6) is 0.809. The number of hydrogen-bond acceptors (Lipinski definition) is 3. The summed E-state index contributed by atoms with van der Waals surface area (Å²) in [5, 5.41) is 0. The van der Waals surface area contributed by atoms with Crippen LogP contribution >= 0.6 is 12.6 Å². The molecular weight excluding hydrogens is 292 g/mol. The van der Waals surface area contributed by atoms with Gasteiger partial charge in [-0.3, -0.25) is 0 Å². The molecule has 0 heterocycles. The fraction of sp³-hybridized carbons (Fsp3) is 0.263. The number of thiol groups is 1. The molecule has 2 nitrogen and oxygen atoms in total. The Labute approximate surface area is 138 Å². The lowest BCUT2D eigenvalue weighted by atomic mass is 10.1. The van der Waals surface area contributed by atoms with Gasteiger partial charge in [0.05, 0.1) is 13.2 Å². The average Bonchev–Trinajstić information content (AvgIpc) is 2.48. The Hall–Kier alpha value is -1.71. The van der Waals surface area contributed by atoms with Crippen molar-refractivity contribution in [3.05, 3.63) is 71.8 Å². The average molecular weight is 314 g/mol. The minimum absolute atomic E-state index is 0.477. The molecule has 0 aliphatic rings. The minimum Gasteiger partial charge on any atom is -0.477 e. The highest BCUT2D eigenvalue weighted by Crippen LogP contribution is 2.21. The first kappa shape index (κ1) is 16.7. The molecule has 2 aromatic rings. The summed E-state index contributed by atoms with van der Waals surface area (Å²) in [6.07, 6.45) is 1.83. The van der Waals surface area contributed by atoms with E-state index in [2.05, 4.69) is 31.3 Å².